The van der Waals surface area contributed by atoms with Crippen molar-refractivity contribution in [1.82, 2.24) is 10.1 Å². The van der Waals surface area contributed by atoms with Crippen molar-refractivity contribution in [1.29, 1.82) is 0 Å². The minimum Gasteiger partial charge on any atom is -0.475 e. The van der Waals surface area contributed by atoms with Gasteiger partial charge in [-0.3, -0.25) is 0 Å². The molecule has 1 aromatic heterocycles. The van der Waals surface area contributed by atoms with Gasteiger partial charge in [-0.15, -0.1) is 0 Å². The van der Waals surface area contributed by atoms with Crippen LogP contribution in [0.5, 0.6) is 0 Å². The van der Waals surface area contributed by atoms with Crippen molar-refractivity contribution in [3.05, 3.63) is 12.7 Å². The highest BCUT2D eigenvalue weighted by molar-refractivity contribution is 5.73. The largest absolute Gasteiger partial charge is 0.490 e. The molecule has 5 nitrogen and oxygen atoms in total. The third kappa shape index (κ3) is 5.21. The molecular formula is C4H3F3N2O3. The molecule has 0 fully saturated rings. The number of aromatic nitrogens is 2. The van der Waals surface area contributed by atoms with E-state index in [-0.39, 0.29) is 0 Å². The molecule has 0 radical (unpaired) electrons. The molecule has 0 atom stereocenters. The van der Waals surface area contributed by atoms with E-state index in [1.54, 1.807) is 0 Å². The van der Waals surface area contributed by atoms with Crippen LogP contribution in [0.3, 0.4) is 0 Å². The lowest BCUT2D eigenvalue weighted by atomic mass is 10.7. The van der Waals surface area contributed by atoms with Gasteiger partial charge in [0.2, 0.25) is 6.39 Å². The van der Waals surface area contributed by atoms with Gasteiger partial charge >= 0.3 is 12.1 Å². The normalized spacial score (nSPS) is 9.92. The number of nitrogens with zero attached hydrogens (tertiary/aromatic N) is 2. The summed E-state index contributed by atoms with van der Waals surface area (Å²) in [5, 5.41) is 10.4. The molecule has 0 aliphatic heterocycles. The summed E-state index contributed by atoms with van der Waals surface area (Å²) in [6.07, 6.45) is -2.49. The Bertz CT molecular complexity index is 203. The van der Waals surface area contributed by atoms with Crippen molar-refractivity contribution in [2.24, 2.45) is 0 Å². The van der Waals surface area contributed by atoms with Crippen molar-refractivity contribution >= 4 is 5.97 Å². The highest BCUT2D eigenvalue weighted by Gasteiger charge is 2.38. The van der Waals surface area contributed by atoms with Crippen LogP contribution in [-0.2, 0) is 4.79 Å². The Morgan fingerprint density at radius 3 is 2.08 bits per heavy atom. The fourth-order valence-electron chi connectivity index (χ4n) is 0.136. The third-order valence-corrected chi connectivity index (χ3v) is 0.525. The number of carboxylic acid groups (broad SMARTS) is 1. The van der Waals surface area contributed by atoms with E-state index in [0.29, 0.717) is 0 Å². The quantitative estimate of drug-likeness (QED) is 0.642. The maximum absolute atomic E-state index is 10.6. The summed E-state index contributed by atoms with van der Waals surface area (Å²) in [5.41, 5.74) is 0. The molecule has 0 aliphatic carbocycles. The minimum absolute atomic E-state index is 1.26. The number of carboxylic acids is 1. The second kappa shape index (κ2) is 4.31. The van der Waals surface area contributed by atoms with Crippen LogP contribution >= 0.6 is 0 Å². The molecule has 0 aromatic carbocycles. The standard InChI is InChI=1S/C2HF3O2.C2H2N2O/c3-2(4,5)1(6)7;1-3-2-5-4-1/h(H,6,7);1-2H. The Balaban J connectivity index is 0.000000211. The lowest BCUT2D eigenvalue weighted by Gasteiger charge is -1.93. The molecule has 1 heterocycles. The average molecular weight is 184 g/mol. The van der Waals surface area contributed by atoms with Crippen molar-refractivity contribution in [2.45, 2.75) is 6.18 Å². The van der Waals surface area contributed by atoms with Crippen LogP contribution in [0.1, 0.15) is 0 Å². The second-order valence-electron chi connectivity index (χ2n) is 1.38. The SMILES string of the molecule is O=C(O)C(F)(F)F.c1ncon1. The molecule has 0 spiro atoms. The molecule has 8 heteroatoms. The number of rotatable bonds is 0. The Morgan fingerprint density at radius 2 is 2.00 bits per heavy atom. The van der Waals surface area contributed by atoms with Crippen LogP contribution in [0.25, 0.3) is 0 Å². The zero-order valence-corrected chi connectivity index (χ0v) is 5.45. The predicted molar refractivity (Wildman–Crippen MR) is 28.0 cm³/mol. The maximum Gasteiger partial charge on any atom is 0.490 e. The number of hydrogen-bond donors (Lipinski definition) is 1. The van der Waals surface area contributed by atoms with Gasteiger partial charge in [0.1, 0.15) is 0 Å². The zero-order chi connectivity index (χ0) is 9.61. The molecule has 0 amide bonds. The number of halogens is 3. The van der Waals surface area contributed by atoms with Gasteiger partial charge < -0.3 is 9.63 Å². The first kappa shape index (κ1) is 10.4. The van der Waals surface area contributed by atoms with E-state index in [1.807, 2.05) is 0 Å². The Labute approximate surface area is 63.8 Å². The van der Waals surface area contributed by atoms with E-state index in [0.717, 1.165) is 0 Å². The average Bonchev–Trinajstić information content (AvgIpc) is 2.39. The summed E-state index contributed by atoms with van der Waals surface area (Å²) in [6, 6.07) is 0. The van der Waals surface area contributed by atoms with Gasteiger partial charge in [-0.25, -0.2) is 9.78 Å². The molecule has 1 rings (SSSR count). The van der Waals surface area contributed by atoms with Crippen molar-refractivity contribution < 1.29 is 27.6 Å². The summed E-state index contributed by atoms with van der Waals surface area (Å²) >= 11 is 0. The lowest BCUT2D eigenvalue weighted by molar-refractivity contribution is -0.192. The van der Waals surface area contributed by atoms with Crippen LogP contribution in [0.2, 0.25) is 0 Å². The van der Waals surface area contributed by atoms with Gasteiger partial charge in [-0.1, -0.05) is 5.16 Å². The van der Waals surface area contributed by atoms with Gasteiger partial charge in [0.25, 0.3) is 0 Å². The monoisotopic (exact) mass is 184 g/mol. The van der Waals surface area contributed by atoms with Gasteiger partial charge in [0.15, 0.2) is 6.33 Å². The molecule has 0 bridgehead atoms. The first-order valence-electron chi connectivity index (χ1n) is 2.44. The molecule has 0 aliphatic rings. The van der Waals surface area contributed by atoms with Gasteiger partial charge in [-0.2, -0.15) is 13.2 Å². The molecule has 0 unspecified atom stereocenters. The Hall–Kier alpha value is -1.60. The van der Waals surface area contributed by atoms with E-state index >= 15 is 0 Å². The van der Waals surface area contributed by atoms with E-state index in [1.165, 1.54) is 12.7 Å². The molecule has 0 saturated carbocycles. The molecule has 68 valence electrons. The van der Waals surface area contributed by atoms with Gasteiger partial charge in [0, 0.05) is 0 Å². The summed E-state index contributed by atoms with van der Waals surface area (Å²) < 4.78 is 36.0. The maximum atomic E-state index is 10.6. The van der Waals surface area contributed by atoms with Crippen LogP contribution < -0.4 is 0 Å². The lowest BCUT2D eigenvalue weighted by Crippen LogP contribution is -2.21. The summed E-state index contributed by atoms with van der Waals surface area (Å²) in [6.45, 7) is 0. The summed E-state index contributed by atoms with van der Waals surface area (Å²) in [5.74, 6) is -2.76. The van der Waals surface area contributed by atoms with Crippen LogP contribution in [-0.4, -0.2) is 27.4 Å². The highest BCUT2D eigenvalue weighted by atomic mass is 19.4. The predicted octanol–water partition coefficient (Wildman–Crippen LogP) is 0.703. The summed E-state index contributed by atoms with van der Waals surface area (Å²) in [7, 11) is 0. The van der Waals surface area contributed by atoms with Crippen LogP contribution in [0, 0.1) is 0 Å². The zero-order valence-electron chi connectivity index (χ0n) is 5.45. The number of alkyl halides is 3. The fraction of sp³-hybridized carbons (Fsp3) is 0.250. The van der Waals surface area contributed by atoms with E-state index in [9.17, 15) is 13.2 Å². The van der Waals surface area contributed by atoms with Crippen molar-refractivity contribution in [2.75, 3.05) is 0 Å². The first-order valence-corrected chi connectivity index (χ1v) is 2.44. The number of hydrogen-bond acceptors (Lipinski definition) is 4. The number of aliphatic carboxylic acids is 1. The first-order chi connectivity index (χ1) is 5.44. The van der Waals surface area contributed by atoms with Crippen LogP contribution in [0.4, 0.5) is 13.2 Å². The molecule has 1 N–H and O–H groups in total. The van der Waals surface area contributed by atoms with Gasteiger partial charge in [-0.05, 0) is 0 Å². The Morgan fingerprint density at radius 1 is 1.50 bits per heavy atom. The molecule has 0 saturated heterocycles. The van der Waals surface area contributed by atoms with E-state index < -0.39 is 12.1 Å². The second-order valence-corrected chi connectivity index (χ2v) is 1.38. The topological polar surface area (TPSA) is 76.2 Å². The number of carbonyl (C=O) groups is 1. The fourth-order valence-corrected chi connectivity index (χ4v) is 0.136. The van der Waals surface area contributed by atoms with Crippen molar-refractivity contribution in [3.63, 3.8) is 0 Å². The highest BCUT2D eigenvalue weighted by Crippen LogP contribution is 2.13. The Kier molecular flexibility index (Phi) is 3.74. The molecular weight excluding hydrogens is 181 g/mol. The molecule has 1 aromatic rings. The summed E-state index contributed by atoms with van der Waals surface area (Å²) in [4.78, 5) is 12.3. The van der Waals surface area contributed by atoms with Crippen molar-refractivity contribution in [3.8, 4) is 0 Å². The molecule has 12 heavy (non-hydrogen) atoms. The third-order valence-electron chi connectivity index (χ3n) is 0.525. The smallest absolute Gasteiger partial charge is 0.475 e. The van der Waals surface area contributed by atoms with E-state index in [2.05, 4.69) is 14.7 Å². The van der Waals surface area contributed by atoms with Crippen LogP contribution in [0.15, 0.2) is 17.2 Å². The van der Waals surface area contributed by atoms with Gasteiger partial charge in [0.05, 0.1) is 0 Å². The van der Waals surface area contributed by atoms with E-state index in [4.69, 9.17) is 9.90 Å². The minimum atomic E-state index is -5.08.